The first-order valence-corrected chi connectivity index (χ1v) is 12.1. The van der Waals surface area contributed by atoms with E-state index >= 15 is 0 Å². The van der Waals surface area contributed by atoms with E-state index in [1.165, 1.54) is 5.56 Å². The average Bonchev–Trinajstić information content (AvgIpc) is 3.21. The summed E-state index contributed by atoms with van der Waals surface area (Å²) in [5.41, 5.74) is 4.17. The maximum Gasteiger partial charge on any atom is 0.326 e. The van der Waals surface area contributed by atoms with Crippen LogP contribution in [0.3, 0.4) is 0 Å². The molecule has 1 aliphatic heterocycles. The minimum Gasteiger partial charge on any atom is -0.493 e. The fraction of sp³-hybridized carbons (Fsp3) is 0.276. The number of imidazole rings is 1. The Morgan fingerprint density at radius 3 is 2.63 bits per heavy atom. The number of likely N-dealkylation sites (tertiary alicyclic amines) is 1. The number of hydrogen-bond acceptors (Lipinski definition) is 4. The zero-order chi connectivity index (χ0) is 24.2. The minimum atomic E-state index is -0.0105. The van der Waals surface area contributed by atoms with Gasteiger partial charge in [-0.05, 0) is 67.3 Å². The lowest BCUT2D eigenvalue weighted by molar-refractivity contribution is 0.180. The third-order valence-electron chi connectivity index (χ3n) is 6.63. The molecule has 0 saturated carbocycles. The standard InChI is InChI=1S/C29H31N3O3/c1-3-7-21-12-13-27(28(19-21)34-2)35-24-9-6-8-22(18-24)20-31-16-14-23(15-17-31)32-26-11-5-4-10-25(26)30-29(32)33/h3-13,18-19,23H,14-17,20H2,1-2H3,(H,30,33)/b7-3-. The van der Waals surface area contributed by atoms with Crippen LogP contribution in [-0.2, 0) is 6.54 Å². The molecule has 1 fully saturated rings. The zero-order valence-electron chi connectivity index (χ0n) is 20.2. The Kier molecular flexibility index (Phi) is 6.73. The van der Waals surface area contributed by atoms with Gasteiger partial charge in [0.15, 0.2) is 11.5 Å². The van der Waals surface area contributed by atoms with Crippen molar-refractivity contribution in [3.63, 3.8) is 0 Å². The molecule has 1 saturated heterocycles. The number of hydrogen-bond donors (Lipinski definition) is 1. The van der Waals surface area contributed by atoms with Crippen molar-refractivity contribution < 1.29 is 9.47 Å². The van der Waals surface area contributed by atoms with Gasteiger partial charge in [-0.15, -0.1) is 0 Å². The first kappa shape index (κ1) is 23.0. The molecule has 4 aromatic rings. The summed E-state index contributed by atoms with van der Waals surface area (Å²) in [6.45, 7) is 4.74. The van der Waals surface area contributed by atoms with Gasteiger partial charge in [-0.2, -0.15) is 0 Å². The summed E-state index contributed by atoms with van der Waals surface area (Å²) in [6.07, 6.45) is 5.94. The summed E-state index contributed by atoms with van der Waals surface area (Å²) < 4.78 is 13.7. The molecule has 0 spiro atoms. The van der Waals surface area contributed by atoms with Gasteiger partial charge >= 0.3 is 5.69 Å². The van der Waals surface area contributed by atoms with Gasteiger partial charge in [-0.1, -0.05) is 42.5 Å². The van der Waals surface area contributed by atoms with Crippen LogP contribution in [0.25, 0.3) is 17.1 Å². The molecule has 6 nitrogen and oxygen atoms in total. The molecule has 6 heteroatoms. The highest BCUT2D eigenvalue weighted by atomic mass is 16.5. The van der Waals surface area contributed by atoms with Gasteiger partial charge in [0, 0.05) is 25.7 Å². The number of methoxy groups -OCH3 is 1. The molecule has 0 aliphatic carbocycles. The molecule has 0 radical (unpaired) electrons. The van der Waals surface area contributed by atoms with Crippen molar-refractivity contribution >= 4 is 17.1 Å². The van der Waals surface area contributed by atoms with E-state index in [0.717, 1.165) is 54.8 Å². The molecule has 1 N–H and O–H groups in total. The molecule has 35 heavy (non-hydrogen) atoms. The second-order valence-electron chi connectivity index (χ2n) is 8.98. The van der Waals surface area contributed by atoms with Gasteiger partial charge in [0.05, 0.1) is 18.1 Å². The zero-order valence-corrected chi connectivity index (χ0v) is 20.2. The lowest BCUT2D eigenvalue weighted by Gasteiger charge is -2.32. The lowest BCUT2D eigenvalue weighted by atomic mass is 10.0. The molecule has 0 bridgehead atoms. The fourth-order valence-electron chi connectivity index (χ4n) is 4.93. The number of rotatable bonds is 7. The van der Waals surface area contributed by atoms with Crippen LogP contribution in [-0.4, -0.2) is 34.7 Å². The van der Waals surface area contributed by atoms with Crippen molar-refractivity contribution in [2.45, 2.75) is 32.4 Å². The second-order valence-corrected chi connectivity index (χ2v) is 8.98. The molecule has 0 unspecified atom stereocenters. The van der Waals surface area contributed by atoms with Gasteiger partial charge in [0.2, 0.25) is 0 Å². The van der Waals surface area contributed by atoms with Gasteiger partial charge in [-0.3, -0.25) is 9.47 Å². The number of aromatic amines is 1. The molecular weight excluding hydrogens is 438 g/mol. The SMILES string of the molecule is C/C=C\c1ccc(Oc2cccc(CN3CCC(n4c(=O)[nH]c5ccccc54)CC3)c2)c(OC)c1. The second kappa shape index (κ2) is 10.2. The van der Waals surface area contributed by atoms with E-state index in [2.05, 4.69) is 22.0 Å². The molecule has 180 valence electrons. The highest BCUT2D eigenvalue weighted by Gasteiger charge is 2.23. The minimum absolute atomic E-state index is 0.0105. The number of benzene rings is 3. The molecule has 0 amide bonds. The number of para-hydroxylation sites is 2. The summed E-state index contributed by atoms with van der Waals surface area (Å²) in [5, 5.41) is 0. The number of nitrogens with zero attached hydrogens (tertiary/aromatic N) is 2. The molecule has 0 atom stereocenters. The van der Waals surface area contributed by atoms with Crippen molar-refractivity contribution in [1.29, 1.82) is 0 Å². The van der Waals surface area contributed by atoms with Gasteiger partial charge < -0.3 is 14.5 Å². The topological polar surface area (TPSA) is 59.5 Å². The van der Waals surface area contributed by atoms with Crippen molar-refractivity contribution in [2.24, 2.45) is 0 Å². The predicted octanol–water partition coefficient (Wildman–Crippen LogP) is 6.00. The molecule has 5 rings (SSSR count). The van der Waals surface area contributed by atoms with Crippen LogP contribution in [0.1, 0.15) is 36.9 Å². The van der Waals surface area contributed by atoms with Crippen LogP contribution >= 0.6 is 0 Å². The van der Waals surface area contributed by atoms with Gasteiger partial charge in [0.1, 0.15) is 5.75 Å². The number of aromatic nitrogens is 2. The number of allylic oxidation sites excluding steroid dienone is 1. The smallest absolute Gasteiger partial charge is 0.326 e. The van der Waals surface area contributed by atoms with E-state index in [0.29, 0.717) is 11.5 Å². The molecule has 2 heterocycles. The summed E-state index contributed by atoms with van der Waals surface area (Å²) in [7, 11) is 1.66. The number of H-pyrrole nitrogens is 1. The Bertz CT molecular complexity index is 1390. The normalized spacial score (nSPS) is 15.1. The summed E-state index contributed by atoms with van der Waals surface area (Å²) >= 11 is 0. The molecule has 3 aromatic carbocycles. The Hall–Kier alpha value is -3.77. The van der Waals surface area contributed by atoms with Crippen molar-refractivity contribution in [1.82, 2.24) is 14.5 Å². The highest BCUT2D eigenvalue weighted by Crippen LogP contribution is 2.33. The van der Waals surface area contributed by atoms with Crippen LogP contribution in [0.5, 0.6) is 17.2 Å². The van der Waals surface area contributed by atoms with Crippen molar-refractivity contribution in [3.8, 4) is 17.2 Å². The van der Waals surface area contributed by atoms with Crippen molar-refractivity contribution in [3.05, 3.63) is 94.4 Å². The summed E-state index contributed by atoms with van der Waals surface area (Å²) in [6, 6.07) is 22.3. The Morgan fingerprint density at radius 1 is 1.00 bits per heavy atom. The Balaban J connectivity index is 1.24. The van der Waals surface area contributed by atoms with E-state index < -0.39 is 0 Å². The largest absolute Gasteiger partial charge is 0.493 e. The highest BCUT2D eigenvalue weighted by molar-refractivity contribution is 5.75. The molecule has 1 aliphatic rings. The third kappa shape index (κ3) is 5.03. The van der Waals surface area contributed by atoms with Crippen LogP contribution in [0.4, 0.5) is 0 Å². The maximum absolute atomic E-state index is 12.6. The monoisotopic (exact) mass is 469 g/mol. The number of piperidine rings is 1. The predicted molar refractivity (Wildman–Crippen MR) is 140 cm³/mol. The van der Waals surface area contributed by atoms with E-state index in [1.54, 1.807) is 7.11 Å². The van der Waals surface area contributed by atoms with E-state index in [1.807, 2.05) is 78.2 Å². The lowest BCUT2D eigenvalue weighted by Crippen LogP contribution is -2.36. The van der Waals surface area contributed by atoms with Gasteiger partial charge in [-0.25, -0.2) is 4.79 Å². The molecule has 1 aromatic heterocycles. The van der Waals surface area contributed by atoms with Crippen LogP contribution < -0.4 is 15.2 Å². The van der Waals surface area contributed by atoms with Crippen molar-refractivity contribution in [2.75, 3.05) is 20.2 Å². The van der Waals surface area contributed by atoms with Crippen LogP contribution in [0.2, 0.25) is 0 Å². The molecular formula is C29H31N3O3. The van der Waals surface area contributed by atoms with Crippen LogP contribution in [0, 0.1) is 0 Å². The fourth-order valence-corrected chi connectivity index (χ4v) is 4.93. The number of fused-ring (bicyclic) bond motifs is 1. The van der Waals surface area contributed by atoms with E-state index in [4.69, 9.17) is 9.47 Å². The van der Waals surface area contributed by atoms with E-state index in [-0.39, 0.29) is 11.7 Å². The summed E-state index contributed by atoms with van der Waals surface area (Å²) in [5.74, 6) is 2.20. The third-order valence-corrected chi connectivity index (χ3v) is 6.63. The maximum atomic E-state index is 12.6. The first-order chi connectivity index (χ1) is 17.1. The Morgan fingerprint density at radius 2 is 1.83 bits per heavy atom. The van der Waals surface area contributed by atoms with Gasteiger partial charge in [0.25, 0.3) is 0 Å². The quantitative estimate of drug-likeness (QED) is 0.361. The number of nitrogens with one attached hydrogen (secondary N) is 1. The first-order valence-electron chi connectivity index (χ1n) is 12.1. The summed E-state index contributed by atoms with van der Waals surface area (Å²) in [4.78, 5) is 18.0. The van der Waals surface area contributed by atoms with E-state index in [9.17, 15) is 4.79 Å². The number of ether oxygens (including phenoxy) is 2. The average molecular weight is 470 g/mol. The van der Waals surface area contributed by atoms with Crippen LogP contribution in [0.15, 0.2) is 77.6 Å². The Labute approximate surface area is 205 Å².